The van der Waals surface area contributed by atoms with Crippen molar-refractivity contribution in [1.29, 1.82) is 0 Å². The molecule has 0 radical (unpaired) electrons. The third-order valence-corrected chi connectivity index (χ3v) is 3.61. The van der Waals surface area contributed by atoms with Gasteiger partial charge in [-0.1, -0.05) is 0 Å². The average molecular weight is 295 g/mol. The third-order valence-electron chi connectivity index (χ3n) is 3.61. The van der Waals surface area contributed by atoms with Crippen molar-refractivity contribution in [2.75, 3.05) is 58.3 Å². The van der Waals surface area contributed by atoms with E-state index >= 15 is 0 Å². The summed E-state index contributed by atoms with van der Waals surface area (Å²) in [5, 5.41) is 3.36. The van der Waals surface area contributed by atoms with Gasteiger partial charge in [0, 0.05) is 32.2 Å². The molecule has 1 aliphatic heterocycles. The monoisotopic (exact) mass is 295 g/mol. The molecule has 1 aliphatic rings. The Balaban J connectivity index is 2.02. The molecule has 1 fully saturated rings. The fourth-order valence-electron chi connectivity index (χ4n) is 2.51. The Morgan fingerprint density at radius 3 is 2.95 bits per heavy atom. The van der Waals surface area contributed by atoms with E-state index in [0.29, 0.717) is 6.61 Å². The van der Waals surface area contributed by atoms with Gasteiger partial charge in [0.2, 0.25) is 0 Å². The largest absolute Gasteiger partial charge is 0.491 e. The highest BCUT2D eigenvalue weighted by molar-refractivity contribution is 5.58. The molecular weight excluding hydrogens is 269 g/mol. The standard InChI is InChI=1S/C16H26FN3O/c1-19(2)9-4-12-21-16-6-5-14(17)13-15(16)20-10-3-7-18-8-11-20/h5-6,13,18H,3-4,7-12H2,1-2H3. The first-order chi connectivity index (χ1) is 10.2. The zero-order valence-electron chi connectivity index (χ0n) is 13.1. The maximum Gasteiger partial charge on any atom is 0.142 e. The van der Waals surface area contributed by atoms with Crippen LogP contribution in [0.15, 0.2) is 18.2 Å². The predicted molar refractivity (Wildman–Crippen MR) is 84.8 cm³/mol. The summed E-state index contributed by atoms with van der Waals surface area (Å²) >= 11 is 0. The van der Waals surface area contributed by atoms with E-state index in [0.717, 1.165) is 57.0 Å². The van der Waals surface area contributed by atoms with Crippen LogP contribution in [0.2, 0.25) is 0 Å². The molecule has 1 N–H and O–H groups in total. The van der Waals surface area contributed by atoms with E-state index in [1.165, 1.54) is 6.07 Å². The fourth-order valence-corrected chi connectivity index (χ4v) is 2.51. The Kier molecular flexibility index (Phi) is 6.26. The molecule has 5 heteroatoms. The molecule has 0 saturated carbocycles. The van der Waals surface area contributed by atoms with Crippen LogP contribution in [-0.2, 0) is 0 Å². The van der Waals surface area contributed by atoms with Crippen molar-refractivity contribution >= 4 is 5.69 Å². The van der Waals surface area contributed by atoms with Crippen LogP contribution in [0.4, 0.5) is 10.1 Å². The van der Waals surface area contributed by atoms with Gasteiger partial charge < -0.3 is 19.9 Å². The number of hydrogen-bond acceptors (Lipinski definition) is 4. The zero-order chi connectivity index (χ0) is 15.1. The quantitative estimate of drug-likeness (QED) is 0.812. The van der Waals surface area contributed by atoms with Gasteiger partial charge in [-0.2, -0.15) is 0 Å². The van der Waals surface area contributed by atoms with E-state index in [1.54, 1.807) is 12.1 Å². The summed E-state index contributed by atoms with van der Waals surface area (Å²) < 4.78 is 19.5. The van der Waals surface area contributed by atoms with Crippen molar-refractivity contribution in [3.8, 4) is 5.75 Å². The van der Waals surface area contributed by atoms with Crippen LogP contribution >= 0.6 is 0 Å². The molecule has 1 saturated heterocycles. The van der Waals surface area contributed by atoms with Crippen LogP contribution in [0, 0.1) is 5.82 Å². The van der Waals surface area contributed by atoms with Crippen LogP contribution in [0.3, 0.4) is 0 Å². The van der Waals surface area contributed by atoms with Gasteiger partial charge in [-0.15, -0.1) is 0 Å². The Hall–Kier alpha value is -1.33. The molecule has 2 rings (SSSR count). The number of anilines is 1. The van der Waals surface area contributed by atoms with Gasteiger partial charge in [-0.25, -0.2) is 4.39 Å². The molecule has 1 aromatic carbocycles. The summed E-state index contributed by atoms with van der Waals surface area (Å²) in [7, 11) is 4.10. The molecular formula is C16H26FN3O. The molecule has 0 bridgehead atoms. The Morgan fingerprint density at radius 1 is 1.29 bits per heavy atom. The number of ether oxygens (including phenoxy) is 1. The lowest BCUT2D eigenvalue weighted by atomic mass is 10.2. The highest BCUT2D eigenvalue weighted by Gasteiger charge is 2.15. The number of hydrogen-bond donors (Lipinski definition) is 1. The van der Waals surface area contributed by atoms with Crippen molar-refractivity contribution in [2.45, 2.75) is 12.8 Å². The van der Waals surface area contributed by atoms with Crippen molar-refractivity contribution in [3.05, 3.63) is 24.0 Å². The molecule has 0 spiro atoms. The van der Waals surface area contributed by atoms with E-state index in [9.17, 15) is 4.39 Å². The first kappa shape index (κ1) is 16.0. The van der Waals surface area contributed by atoms with E-state index in [2.05, 4.69) is 15.1 Å². The SMILES string of the molecule is CN(C)CCCOc1ccc(F)cc1N1CCCNCC1. The highest BCUT2D eigenvalue weighted by Crippen LogP contribution is 2.29. The first-order valence-corrected chi connectivity index (χ1v) is 7.69. The molecule has 4 nitrogen and oxygen atoms in total. The van der Waals surface area contributed by atoms with Crippen molar-refractivity contribution in [2.24, 2.45) is 0 Å². The second-order valence-corrected chi connectivity index (χ2v) is 5.71. The van der Waals surface area contributed by atoms with Crippen molar-refractivity contribution in [1.82, 2.24) is 10.2 Å². The van der Waals surface area contributed by atoms with Gasteiger partial charge in [-0.3, -0.25) is 0 Å². The summed E-state index contributed by atoms with van der Waals surface area (Å²) in [5.74, 6) is 0.583. The molecule has 1 aromatic rings. The third kappa shape index (κ3) is 5.17. The summed E-state index contributed by atoms with van der Waals surface area (Å²) in [6, 6.07) is 4.81. The fraction of sp³-hybridized carbons (Fsp3) is 0.625. The van der Waals surface area contributed by atoms with Gasteiger partial charge in [0.15, 0.2) is 0 Å². The van der Waals surface area contributed by atoms with E-state index in [4.69, 9.17) is 4.74 Å². The number of nitrogens with one attached hydrogen (secondary N) is 1. The Bertz CT molecular complexity index is 432. The minimum atomic E-state index is -0.206. The zero-order valence-corrected chi connectivity index (χ0v) is 13.1. The number of benzene rings is 1. The lowest BCUT2D eigenvalue weighted by Crippen LogP contribution is -2.28. The number of halogens is 1. The molecule has 0 aromatic heterocycles. The van der Waals surface area contributed by atoms with Gasteiger partial charge in [-0.05, 0) is 45.6 Å². The highest BCUT2D eigenvalue weighted by atomic mass is 19.1. The van der Waals surface area contributed by atoms with Gasteiger partial charge >= 0.3 is 0 Å². The maximum atomic E-state index is 13.6. The van der Waals surface area contributed by atoms with E-state index in [-0.39, 0.29) is 5.82 Å². The average Bonchev–Trinajstić information content (AvgIpc) is 2.73. The summed E-state index contributed by atoms with van der Waals surface area (Å²) in [6.45, 7) is 5.41. The van der Waals surface area contributed by atoms with Crippen molar-refractivity contribution in [3.63, 3.8) is 0 Å². The molecule has 0 amide bonds. The molecule has 1 heterocycles. The summed E-state index contributed by atoms with van der Waals surface area (Å²) in [6.07, 6.45) is 2.03. The van der Waals surface area contributed by atoms with Gasteiger partial charge in [0.1, 0.15) is 11.6 Å². The van der Waals surface area contributed by atoms with E-state index < -0.39 is 0 Å². The van der Waals surface area contributed by atoms with Crippen molar-refractivity contribution < 1.29 is 9.13 Å². The van der Waals surface area contributed by atoms with Gasteiger partial charge in [0.05, 0.1) is 12.3 Å². The molecule has 118 valence electrons. The lowest BCUT2D eigenvalue weighted by Gasteiger charge is -2.25. The molecule has 0 atom stereocenters. The molecule has 0 unspecified atom stereocenters. The van der Waals surface area contributed by atoms with Crippen LogP contribution in [0.5, 0.6) is 5.75 Å². The topological polar surface area (TPSA) is 27.7 Å². The number of rotatable bonds is 6. The summed E-state index contributed by atoms with van der Waals surface area (Å²) in [4.78, 5) is 4.35. The molecule has 21 heavy (non-hydrogen) atoms. The van der Waals surface area contributed by atoms with Gasteiger partial charge in [0.25, 0.3) is 0 Å². The Labute approximate surface area is 126 Å². The second kappa shape index (κ2) is 8.20. The first-order valence-electron chi connectivity index (χ1n) is 7.69. The molecule has 0 aliphatic carbocycles. The second-order valence-electron chi connectivity index (χ2n) is 5.71. The normalized spacial score (nSPS) is 16.1. The maximum absolute atomic E-state index is 13.6. The summed E-state index contributed by atoms with van der Waals surface area (Å²) in [5.41, 5.74) is 0.878. The van der Waals surface area contributed by atoms with Crippen LogP contribution in [0.1, 0.15) is 12.8 Å². The number of nitrogens with zero attached hydrogens (tertiary/aromatic N) is 2. The smallest absolute Gasteiger partial charge is 0.142 e. The minimum Gasteiger partial charge on any atom is -0.491 e. The minimum absolute atomic E-state index is 0.206. The lowest BCUT2D eigenvalue weighted by molar-refractivity contribution is 0.281. The van der Waals surface area contributed by atoms with Crippen LogP contribution in [-0.4, -0.2) is 58.3 Å². The van der Waals surface area contributed by atoms with Crippen LogP contribution in [0.25, 0.3) is 0 Å². The van der Waals surface area contributed by atoms with Crippen LogP contribution < -0.4 is 15.0 Å². The predicted octanol–water partition coefficient (Wildman–Crippen LogP) is 1.96. The Morgan fingerprint density at radius 2 is 2.14 bits per heavy atom. The van der Waals surface area contributed by atoms with E-state index in [1.807, 2.05) is 14.1 Å².